The number of nitrogens with zero attached hydrogens (tertiary/aromatic N) is 3. The van der Waals surface area contributed by atoms with Crippen LogP contribution in [0.3, 0.4) is 0 Å². The number of carbonyl (C=O) groups excluding carboxylic acids is 1. The van der Waals surface area contributed by atoms with Gasteiger partial charge in [-0.15, -0.1) is 0 Å². The number of hydrogen-bond acceptors (Lipinski definition) is 7. The molecule has 1 amide bonds. The lowest BCUT2D eigenvalue weighted by Crippen LogP contribution is -2.43. The average Bonchev–Trinajstić information content (AvgIpc) is 3.30. The first-order chi connectivity index (χ1) is 17.9. The summed E-state index contributed by atoms with van der Waals surface area (Å²) in [5, 5.41) is 9.25. The summed E-state index contributed by atoms with van der Waals surface area (Å²) in [6, 6.07) is 9.76. The van der Waals surface area contributed by atoms with E-state index in [4.69, 9.17) is 4.74 Å². The van der Waals surface area contributed by atoms with E-state index in [2.05, 4.69) is 30.9 Å². The van der Waals surface area contributed by atoms with Crippen LogP contribution in [0.4, 0.5) is 26.0 Å². The molecule has 0 aliphatic carbocycles. The Balaban J connectivity index is 1.40. The molecular weight excluding hydrogens is 480 g/mol. The molecule has 9 nitrogen and oxygen atoms in total. The number of rotatable bonds is 7. The maximum atomic E-state index is 15.0. The molecule has 0 bridgehead atoms. The first-order valence-electron chi connectivity index (χ1n) is 11.9. The van der Waals surface area contributed by atoms with E-state index in [-0.39, 0.29) is 35.2 Å². The van der Waals surface area contributed by atoms with Crippen molar-refractivity contribution in [2.24, 2.45) is 0 Å². The molecule has 1 fully saturated rings. The fourth-order valence-corrected chi connectivity index (χ4v) is 4.42. The van der Waals surface area contributed by atoms with Gasteiger partial charge in [0.15, 0.2) is 11.6 Å². The summed E-state index contributed by atoms with van der Waals surface area (Å²) >= 11 is 0. The molecule has 192 valence electrons. The lowest BCUT2D eigenvalue weighted by Gasteiger charge is -2.29. The molecule has 4 N–H and O–H groups in total. The zero-order valence-corrected chi connectivity index (χ0v) is 20.5. The van der Waals surface area contributed by atoms with Crippen LogP contribution in [0.1, 0.15) is 21.7 Å². The molecular formula is C26H27F2N7O2. The minimum absolute atomic E-state index is 0.0352. The maximum absolute atomic E-state index is 15.0. The molecule has 3 heterocycles. The van der Waals surface area contributed by atoms with Crippen molar-refractivity contribution in [1.29, 1.82) is 0 Å². The Kier molecular flexibility index (Phi) is 6.87. The number of aryl methyl sites for hydroxylation is 1. The van der Waals surface area contributed by atoms with Gasteiger partial charge in [0.2, 0.25) is 0 Å². The van der Waals surface area contributed by atoms with Crippen molar-refractivity contribution < 1.29 is 18.3 Å². The predicted octanol–water partition coefficient (Wildman–Crippen LogP) is 3.64. The van der Waals surface area contributed by atoms with Gasteiger partial charge in [-0.05, 0) is 43.3 Å². The van der Waals surface area contributed by atoms with Crippen molar-refractivity contribution >= 4 is 34.0 Å². The van der Waals surface area contributed by atoms with Gasteiger partial charge in [0.1, 0.15) is 30.1 Å². The van der Waals surface area contributed by atoms with Crippen LogP contribution in [0.15, 0.2) is 42.7 Å². The third-order valence-electron chi connectivity index (χ3n) is 6.25. The Morgan fingerprint density at radius 1 is 1.14 bits per heavy atom. The number of hydrogen-bond donors (Lipinski definition) is 4. The molecule has 11 heteroatoms. The quantitative estimate of drug-likeness (QED) is 0.303. The van der Waals surface area contributed by atoms with Crippen molar-refractivity contribution in [2.75, 3.05) is 43.4 Å². The highest BCUT2D eigenvalue weighted by atomic mass is 19.1. The highest BCUT2D eigenvalue weighted by Gasteiger charge is 2.21. The number of anilines is 3. The van der Waals surface area contributed by atoms with Crippen LogP contribution >= 0.6 is 0 Å². The van der Waals surface area contributed by atoms with Crippen LogP contribution in [0.5, 0.6) is 5.75 Å². The van der Waals surface area contributed by atoms with Gasteiger partial charge < -0.3 is 30.6 Å². The highest BCUT2D eigenvalue weighted by Crippen LogP contribution is 2.29. The maximum Gasteiger partial charge on any atom is 0.256 e. The number of H-pyrrole nitrogens is 1. The molecule has 0 radical (unpaired) electrons. The van der Waals surface area contributed by atoms with E-state index in [1.165, 1.54) is 25.5 Å². The highest BCUT2D eigenvalue weighted by molar-refractivity contribution is 6.00. The van der Waals surface area contributed by atoms with Crippen LogP contribution in [-0.4, -0.2) is 54.1 Å². The number of amides is 1. The normalized spacial score (nSPS) is 13.6. The Morgan fingerprint density at radius 3 is 2.70 bits per heavy atom. The van der Waals surface area contributed by atoms with Gasteiger partial charge in [-0.2, -0.15) is 0 Å². The molecule has 0 saturated carbocycles. The number of nitrogens with one attached hydrogen (secondary N) is 4. The lowest BCUT2D eigenvalue weighted by atomic mass is 10.1. The van der Waals surface area contributed by atoms with Crippen LogP contribution in [0.25, 0.3) is 10.9 Å². The third kappa shape index (κ3) is 5.03. The van der Waals surface area contributed by atoms with Crippen molar-refractivity contribution in [3.8, 4) is 5.75 Å². The zero-order valence-electron chi connectivity index (χ0n) is 20.5. The van der Waals surface area contributed by atoms with Crippen LogP contribution in [0, 0.1) is 18.6 Å². The molecule has 4 aromatic rings. The molecule has 1 saturated heterocycles. The predicted molar refractivity (Wildman–Crippen MR) is 138 cm³/mol. The van der Waals surface area contributed by atoms with Crippen molar-refractivity contribution in [3.05, 3.63) is 71.3 Å². The van der Waals surface area contributed by atoms with E-state index in [0.29, 0.717) is 22.3 Å². The largest absolute Gasteiger partial charge is 0.484 e. The van der Waals surface area contributed by atoms with E-state index < -0.39 is 11.7 Å². The molecule has 1 aliphatic heterocycles. The number of piperazine rings is 1. The lowest BCUT2D eigenvalue weighted by molar-refractivity contribution is 0.0960. The van der Waals surface area contributed by atoms with E-state index in [0.717, 1.165) is 31.9 Å². The van der Waals surface area contributed by atoms with E-state index in [1.807, 2.05) is 11.8 Å². The van der Waals surface area contributed by atoms with Gasteiger partial charge in [-0.1, -0.05) is 0 Å². The Morgan fingerprint density at radius 2 is 1.95 bits per heavy atom. The molecule has 1 aliphatic rings. The van der Waals surface area contributed by atoms with Crippen molar-refractivity contribution in [3.63, 3.8) is 0 Å². The molecule has 0 spiro atoms. The number of halogens is 2. The second-order valence-corrected chi connectivity index (χ2v) is 8.73. The number of carbonyl (C=O) groups is 1. The number of aromatic nitrogens is 3. The summed E-state index contributed by atoms with van der Waals surface area (Å²) in [7, 11) is 1.48. The summed E-state index contributed by atoms with van der Waals surface area (Å²) < 4.78 is 35.6. The topological polar surface area (TPSA) is 107 Å². The minimum Gasteiger partial charge on any atom is -0.484 e. The van der Waals surface area contributed by atoms with Crippen LogP contribution in [-0.2, 0) is 6.61 Å². The van der Waals surface area contributed by atoms with E-state index >= 15 is 0 Å². The number of ether oxygens (including phenoxy) is 1. The van der Waals surface area contributed by atoms with Gasteiger partial charge in [-0.3, -0.25) is 4.79 Å². The fraction of sp³-hybridized carbons (Fsp3) is 0.269. The van der Waals surface area contributed by atoms with Gasteiger partial charge in [0.25, 0.3) is 5.91 Å². The summed E-state index contributed by atoms with van der Waals surface area (Å²) in [4.78, 5) is 26.2. The second-order valence-electron chi connectivity index (χ2n) is 8.73. The van der Waals surface area contributed by atoms with E-state index in [9.17, 15) is 13.6 Å². The Labute approximate surface area is 212 Å². The van der Waals surface area contributed by atoms with Crippen LogP contribution < -0.4 is 25.6 Å². The number of fused-ring (bicyclic) bond motifs is 1. The molecule has 2 aromatic carbocycles. The van der Waals surface area contributed by atoms with E-state index in [1.54, 1.807) is 24.3 Å². The Bertz CT molecular complexity index is 1450. The number of aromatic amines is 1. The van der Waals surface area contributed by atoms with Crippen molar-refractivity contribution in [1.82, 2.24) is 25.6 Å². The summed E-state index contributed by atoms with van der Waals surface area (Å²) in [6.45, 7) is 4.69. The monoisotopic (exact) mass is 507 g/mol. The summed E-state index contributed by atoms with van der Waals surface area (Å²) in [5.74, 6) is -1.13. The first-order valence-corrected chi connectivity index (χ1v) is 11.9. The molecule has 5 rings (SSSR count). The fourth-order valence-electron chi connectivity index (χ4n) is 4.42. The second kappa shape index (κ2) is 10.4. The average molecular weight is 508 g/mol. The summed E-state index contributed by atoms with van der Waals surface area (Å²) in [5.41, 5.74) is 2.81. The van der Waals surface area contributed by atoms with Gasteiger partial charge in [-0.25, -0.2) is 18.7 Å². The SMILES string of the molecule is CNC(=O)c1c(COc2ccc3[nH]c(C)cc3c2F)ncnc1Nc1ccc(N2CCNCC2)c(F)c1. The smallest absolute Gasteiger partial charge is 0.256 e. The molecule has 2 aromatic heterocycles. The standard InChI is InChI=1S/C26H27F2N7O2/c1-15-11-17-19(33-15)4-6-22(24(17)28)37-13-20-23(26(36)29-2)25(32-14-31-20)34-16-3-5-21(18(27)12-16)35-9-7-30-8-10-35/h3-6,11-12,14,30,33H,7-10,13H2,1-2H3,(H,29,36)(H,31,32,34). The molecule has 0 atom stereocenters. The number of benzene rings is 2. The van der Waals surface area contributed by atoms with Gasteiger partial charge >= 0.3 is 0 Å². The van der Waals surface area contributed by atoms with Crippen molar-refractivity contribution in [2.45, 2.75) is 13.5 Å². The minimum atomic E-state index is -0.504. The first kappa shape index (κ1) is 24.4. The molecule has 37 heavy (non-hydrogen) atoms. The van der Waals surface area contributed by atoms with Gasteiger partial charge in [0, 0.05) is 55.5 Å². The van der Waals surface area contributed by atoms with Gasteiger partial charge in [0.05, 0.1) is 11.4 Å². The summed E-state index contributed by atoms with van der Waals surface area (Å²) in [6.07, 6.45) is 1.27. The van der Waals surface area contributed by atoms with Crippen LogP contribution in [0.2, 0.25) is 0 Å². The third-order valence-corrected chi connectivity index (χ3v) is 6.25. The Hall–Kier alpha value is -4.25. The molecule has 0 unspecified atom stereocenters. The zero-order chi connectivity index (χ0) is 25.9.